The SMILES string of the molecule is CC(C)(C)OC(=O)N1CCC[C@H]1C(=O)OCC(=O)c1ccc(Br)nc1.O=C(CBr)c1ccc(Br)nc1. The zero-order valence-electron chi connectivity index (χ0n) is 20.0. The van der Waals surface area contributed by atoms with Gasteiger partial charge in [-0.15, -0.1) is 0 Å². The van der Waals surface area contributed by atoms with Gasteiger partial charge in [-0.25, -0.2) is 19.6 Å². The molecule has 1 saturated heterocycles. The summed E-state index contributed by atoms with van der Waals surface area (Å²) in [6, 6.07) is 5.99. The van der Waals surface area contributed by atoms with Crippen LogP contribution in [0.25, 0.3) is 0 Å². The van der Waals surface area contributed by atoms with Crippen LogP contribution >= 0.6 is 47.8 Å². The Hall–Kier alpha value is -2.18. The molecule has 1 aliphatic rings. The highest BCUT2D eigenvalue weighted by atomic mass is 79.9. The van der Waals surface area contributed by atoms with E-state index in [0.29, 0.717) is 40.4 Å². The number of ketones is 2. The molecule has 0 N–H and O–H groups in total. The summed E-state index contributed by atoms with van der Waals surface area (Å²) < 4.78 is 11.8. The van der Waals surface area contributed by atoms with Crippen molar-refractivity contribution in [1.29, 1.82) is 0 Å². The maximum Gasteiger partial charge on any atom is 0.411 e. The van der Waals surface area contributed by atoms with Crippen LogP contribution in [0.2, 0.25) is 0 Å². The second kappa shape index (κ2) is 13.9. The van der Waals surface area contributed by atoms with Crippen molar-refractivity contribution in [2.75, 3.05) is 18.5 Å². The number of carbonyl (C=O) groups excluding carboxylic acids is 4. The number of carbonyl (C=O) groups is 4. The highest BCUT2D eigenvalue weighted by Gasteiger charge is 2.37. The van der Waals surface area contributed by atoms with E-state index in [1.807, 2.05) is 0 Å². The van der Waals surface area contributed by atoms with Crippen LogP contribution in [0, 0.1) is 0 Å². The van der Waals surface area contributed by atoms with E-state index in [0.717, 1.165) is 4.60 Å². The molecule has 1 aliphatic heterocycles. The maximum atomic E-state index is 12.3. The predicted octanol–water partition coefficient (Wildman–Crippen LogP) is 5.39. The van der Waals surface area contributed by atoms with Gasteiger partial charge in [-0.2, -0.15) is 0 Å². The molecule has 0 bridgehead atoms. The molecule has 0 saturated carbocycles. The van der Waals surface area contributed by atoms with Crippen LogP contribution in [0.3, 0.4) is 0 Å². The number of pyridine rings is 2. The van der Waals surface area contributed by atoms with Crippen molar-refractivity contribution < 1.29 is 28.7 Å². The highest BCUT2D eigenvalue weighted by Crippen LogP contribution is 2.22. The van der Waals surface area contributed by atoms with Crippen molar-refractivity contribution in [3.63, 3.8) is 0 Å². The lowest BCUT2D eigenvalue weighted by Crippen LogP contribution is -2.44. The largest absolute Gasteiger partial charge is 0.456 e. The van der Waals surface area contributed by atoms with Crippen LogP contribution in [0.15, 0.2) is 45.9 Å². The van der Waals surface area contributed by atoms with Crippen LogP contribution in [-0.2, 0) is 14.3 Å². The van der Waals surface area contributed by atoms with E-state index >= 15 is 0 Å². The number of likely N-dealkylation sites (tertiary alicyclic amines) is 1. The summed E-state index contributed by atoms with van der Waals surface area (Å²) >= 11 is 9.45. The third-order valence-electron chi connectivity index (χ3n) is 4.72. The average molecular weight is 692 g/mol. The van der Waals surface area contributed by atoms with Crippen LogP contribution in [0.5, 0.6) is 0 Å². The Morgan fingerprint density at radius 1 is 0.972 bits per heavy atom. The van der Waals surface area contributed by atoms with Crippen LogP contribution < -0.4 is 0 Å². The normalized spacial score (nSPS) is 14.9. The lowest BCUT2D eigenvalue weighted by molar-refractivity contribution is -0.147. The van der Waals surface area contributed by atoms with E-state index in [1.165, 1.54) is 11.1 Å². The number of ether oxygens (including phenoxy) is 2. The number of amides is 1. The Morgan fingerprint density at radius 3 is 2.00 bits per heavy atom. The minimum absolute atomic E-state index is 0.0463. The molecule has 3 rings (SSSR count). The van der Waals surface area contributed by atoms with E-state index in [2.05, 4.69) is 57.8 Å². The molecule has 3 heterocycles. The van der Waals surface area contributed by atoms with Gasteiger partial charge in [0.1, 0.15) is 20.8 Å². The second-order valence-electron chi connectivity index (χ2n) is 8.66. The Bertz CT molecular complexity index is 1070. The second-order valence-corrected chi connectivity index (χ2v) is 10.8. The summed E-state index contributed by atoms with van der Waals surface area (Å²) in [6.45, 7) is 5.33. The van der Waals surface area contributed by atoms with E-state index in [9.17, 15) is 19.2 Å². The number of nitrogens with zero attached hydrogens (tertiary/aromatic N) is 3. The van der Waals surface area contributed by atoms with Crippen LogP contribution in [-0.4, -0.2) is 68.6 Å². The van der Waals surface area contributed by atoms with Gasteiger partial charge in [0, 0.05) is 30.1 Å². The molecule has 0 aromatic carbocycles. The molecule has 1 fully saturated rings. The minimum atomic E-state index is -0.717. The van der Waals surface area contributed by atoms with Gasteiger partial charge in [0.2, 0.25) is 5.78 Å². The number of rotatable bonds is 6. The Kier molecular flexibility index (Phi) is 11.6. The highest BCUT2D eigenvalue weighted by molar-refractivity contribution is 9.10. The van der Waals surface area contributed by atoms with Crippen LogP contribution in [0.1, 0.15) is 54.3 Å². The molecule has 1 atom stereocenters. The molecule has 2 aromatic heterocycles. The van der Waals surface area contributed by atoms with E-state index in [4.69, 9.17) is 9.47 Å². The fraction of sp³-hybridized carbons (Fsp3) is 0.417. The number of alkyl halides is 1. The van der Waals surface area contributed by atoms with Crippen molar-refractivity contribution in [3.05, 3.63) is 57.0 Å². The summed E-state index contributed by atoms with van der Waals surface area (Å²) in [5.41, 5.74) is 0.343. The van der Waals surface area contributed by atoms with Crippen molar-refractivity contribution in [2.45, 2.75) is 45.3 Å². The Balaban J connectivity index is 0.000000346. The predicted molar refractivity (Wildman–Crippen MR) is 143 cm³/mol. The van der Waals surface area contributed by atoms with Gasteiger partial charge in [-0.1, -0.05) is 15.9 Å². The quantitative estimate of drug-likeness (QED) is 0.171. The Labute approximate surface area is 234 Å². The molecule has 0 aliphatic carbocycles. The standard InChI is InChI=1S/C17H21BrN2O5.C7H5Br2NO/c1-17(2,3)25-16(23)20-8-4-5-12(20)15(22)24-10-13(21)11-6-7-14(18)19-9-11;8-3-6(11)5-1-2-7(9)10-4-5/h6-7,9,12H,4-5,8,10H2,1-3H3;1-2,4H,3H2/t12-;/m0./s1. The van der Waals surface area contributed by atoms with Crippen molar-refractivity contribution in [2.24, 2.45) is 0 Å². The first-order chi connectivity index (χ1) is 16.9. The topological polar surface area (TPSA) is 116 Å². The molecule has 1 amide bonds. The van der Waals surface area contributed by atoms with Gasteiger partial charge in [0.25, 0.3) is 0 Å². The minimum Gasteiger partial charge on any atom is -0.456 e. The summed E-state index contributed by atoms with van der Waals surface area (Å²) in [7, 11) is 0. The molecule has 0 radical (unpaired) electrons. The molecular formula is C24H26Br3N3O6. The van der Waals surface area contributed by atoms with Crippen molar-refractivity contribution >= 4 is 71.4 Å². The summed E-state index contributed by atoms with van der Waals surface area (Å²) in [5.74, 6) is -0.901. The number of halogens is 3. The average Bonchev–Trinajstić information content (AvgIpc) is 3.32. The first kappa shape index (κ1) is 30.0. The Morgan fingerprint density at radius 2 is 1.53 bits per heavy atom. The van der Waals surface area contributed by atoms with E-state index < -0.39 is 23.7 Å². The van der Waals surface area contributed by atoms with Gasteiger partial charge >= 0.3 is 12.1 Å². The first-order valence-corrected chi connectivity index (χ1v) is 13.6. The van der Waals surface area contributed by atoms with Gasteiger partial charge in [-0.05, 0) is 89.7 Å². The van der Waals surface area contributed by atoms with Gasteiger partial charge < -0.3 is 9.47 Å². The molecule has 194 valence electrons. The monoisotopic (exact) mass is 689 g/mol. The number of hydrogen-bond acceptors (Lipinski definition) is 8. The molecule has 0 unspecified atom stereocenters. The van der Waals surface area contributed by atoms with Gasteiger partial charge in [-0.3, -0.25) is 14.5 Å². The van der Waals surface area contributed by atoms with Gasteiger partial charge in [0.15, 0.2) is 12.4 Å². The zero-order valence-corrected chi connectivity index (χ0v) is 24.8. The fourth-order valence-corrected chi connectivity index (χ4v) is 3.82. The van der Waals surface area contributed by atoms with Crippen molar-refractivity contribution in [3.8, 4) is 0 Å². The van der Waals surface area contributed by atoms with E-state index in [1.54, 1.807) is 51.2 Å². The molecule has 0 spiro atoms. The maximum absolute atomic E-state index is 12.3. The molecule has 2 aromatic rings. The number of hydrogen-bond donors (Lipinski definition) is 0. The van der Waals surface area contributed by atoms with Crippen LogP contribution in [0.4, 0.5) is 4.79 Å². The van der Waals surface area contributed by atoms with Gasteiger partial charge in [0.05, 0.1) is 5.33 Å². The number of esters is 1. The third-order valence-corrected chi connectivity index (χ3v) is 6.17. The lowest BCUT2D eigenvalue weighted by Gasteiger charge is -2.27. The zero-order chi connectivity index (χ0) is 26.9. The van der Waals surface area contributed by atoms with Crippen molar-refractivity contribution in [1.82, 2.24) is 14.9 Å². The molecular weight excluding hydrogens is 666 g/mol. The summed E-state index contributed by atoms with van der Waals surface area (Å²) in [4.78, 5) is 56.8. The number of aromatic nitrogens is 2. The van der Waals surface area contributed by atoms with E-state index in [-0.39, 0.29) is 18.2 Å². The fourth-order valence-electron chi connectivity index (χ4n) is 3.03. The lowest BCUT2D eigenvalue weighted by atomic mass is 10.2. The summed E-state index contributed by atoms with van der Waals surface area (Å²) in [5, 5.41) is 0.344. The number of Topliss-reactive ketones (excluding diaryl/α,β-unsaturated/α-hetero) is 2. The molecule has 9 nitrogen and oxygen atoms in total. The summed E-state index contributed by atoms with van der Waals surface area (Å²) in [6.07, 6.45) is 3.59. The first-order valence-electron chi connectivity index (χ1n) is 10.9. The molecule has 12 heteroatoms. The smallest absolute Gasteiger partial charge is 0.411 e. The third kappa shape index (κ3) is 9.70. The molecule has 36 heavy (non-hydrogen) atoms.